The summed E-state index contributed by atoms with van der Waals surface area (Å²) in [6, 6.07) is 11.0. The molecule has 4 nitrogen and oxygen atoms in total. The second-order valence-electron chi connectivity index (χ2n) is 4.80. The van der Waals surface area contributed by atoms with E-state index in [-0.39, 0.29) is 0 Å². The van der Waals surface area contributed by atoms with Crippen LogP contribution in [0.3, 0.4) is 0 Å². The summed E-state index contributed by atoms with van der Waals surface area (Å²) in [5.41, 5.74) is 5.49. The van der Waals surface area contributed by atoms with Crippen molar-refractivity contribution in [2.75, 3.05) is 13.1 Å². The Bertz CT molecular complexity index is 447. The van der Waals surface area contributed by atoms with E-state index >= 15 is 0 Å². The third-order valence-electron chi connectivity index (χ3n) is 3.69. The van der Waals surface area contributed by atoms with E-state index in [0.29, 0.717) is 12.1 Å². The van der Waals surface area contributed by atoms with Crippen molar-refractivity contribution < 1.29 is 0 Å². The Balaban J connectivity index is 1.76. The summed E-state index contributed by atoms with van der Waals surface area (Å²) in [6.07, 6.45) is 1.23. The summed E-state index contributed by atoms with van der Waals surface area (Å²) >= 11 is 0. The number of rotatable bonds is 1. The number of fused-ring (bicyclic) bond motifs is 1. The SMILES string of the molecule is CC1CCN2NC(c3ccc(C#N)cc3)CN12. The average Bonchev–Trinajstić information content (AvgIpc) is 2.92. The van der Waals surface area contributed by atoms with E-state index in [9.17, 15) is 0 Å². The minimum Gasteiger partial charge on any atom is -0.232 e. The van der Waals surface area contributed by atoms with Crippen LogP contribution in [0.2, 0.25) is 0 Å². The third-order valence-corrected chi connectivity index (χ3v) is 3.69. The van der Waals surface area contributed by atoms with Gasteiger partial charge in [-0.3, -0.25) is 0 Å². The topological polar surface area (TPSA) is 42.3 Å². The van der Waals surface area contributed by atoms with Crippen LogP contribution in [0.5, 0.6) is 0 Å². The van der Waals surface area contributed by atoms with Crippen LogP contribution in [-0.4, -0.2) is 29.3 Å². The van der Waals surface area contributed by atoms with E-state index < -0.39 is 0 Å². The predicted octanol–water partition coefficient (Wildman–Crippen LogP) is 1.43. The first-order chi connectivity index (χ1) is 8.28. The summed E-state index contributed by atoms with van der Waals surface area (Å²) in [7, 11) is 0. The lowest BCUT2D eigenvalue weighted by Gasteiger charge is -2.20. The highest BCUT2D eigenvalue weighted by atomic mass is 15.9. The lowest BCUT2D eigenvalue weighted by Crippen LogP contribution is -2.38. The molecule has 0 radical (unpaired) electrons. The van der Waals surface area contributed by atoms with E-state index in [2.05, 4.69) is 28.5 Å². The van der Waals surface area contributed by atoms with E-state index in [1.165, 1.54) is 12.0 Å². The molecule has 2 atom stereocenters. The molecular weight excluding hydrogens is 212 g/mol. The van der Waals surface area contributed by atoms with Crippen LogP contribution in [0.15, 0.2) is 24.3 Å². The van der Waals surface area contributed by atoms with E-state index in [4.69, 9.17) is 5.26 Å². The maximum Gasteiger partial charge on any atom is 0.0991 e. The monoisotopic (exact) mass is 228 g/mol. The fourth-order valence-electron chi connectivity index (χ4n) is 2.62. The van der Waals surface area contributed by atoms with Gasteiger partial charge in [-0.2, -0.15) is 10.4 Å². The van der Waals surface area contributed by atoms with Gasteiger partial charge in [-0.25, -0.2) is 10.4 Å². The minimum atomic E-state index is 0.352. The number of nitriles is 1. The molecule has 2 heterocycles. The summed E-state index contributed by atoms with van der Waals surface area (Å²) in [6.45, 7) is 4.38. The molecule has 2 aliphatic rings. The highest BCUT2D eigenvalue weighted by Crippen LogP contribution is 2.28. The van der Waals surface area contributed by atoms with Gasteiger partial charge in [-0.15, -0.1) is 0 Å². The molecule has 0 aromatic heterocycles. The van der Waals surface area contributed by atoms with Gasteiger partial charge in [0.05, 0.1) is 17.7 Å². The van der Waals surface area contributed by atoms with Gasteiger partial charge in [-0.05, 0) is 31.0 Å². The Morgan fingerprint density at radius 3 is 2.76 bits per heavy atom. The van der Waals surface area contributed by atoms with Crippen LogP contribution in [0.25, 0.3) is 0 Å². The van der Waals surface area contributed by atoms with E-state index in [0.717, 1.165) is 18.7 Å². The van der Waals surface area contributed by atoms with Gasteiger partial charge in [0.2, 0.25) is 0 Å². The largest absolute Gasteiger partial charge is 0.232 e. The van der Waals surface area contributed by atoms with Crippen molar-refractivity contribution in [3.8, 4) is 6.07 Å². The standard InChI is InChI=1S/C13H16N4/c1-10-6-7-17-15-13(9-16(10)17)12-4-2-11(8-14)3-5-12/h2-5,10,13,15H,6-7,9H2,1H3. The van der Waals surface area contributed by atoms with Crippen molar-refractivity contribution in [3.63, 3.8) is 0 Å². The molecule has 2 unspecified atom stereocenters. The van der Waals surface area contributed by atoms with Crippen LogP contribution >= 0.6 is 0 Å². The summed E-state index contributed by atoms with van der Waals surface area (Å²) in [5.74, 6) is 0. The second-order valence-corrected chi connectivity index (χ2v) is 4.80. The van der Waals surface area contributed by atoms with E-state index in [1.807, 2.05) is 24.3 Å². The molecule has 1 aromatic rings. The molecule has 88 valence electrons. The summed E-state index contributed by atoms with van der Waals surface area (Å²) < 4.78 is 0. The van der Waals surface area contributed by atoms with Crippen LogP contribution in [0.4, 0.5) is 0 Å². The molecule has 2 saturated heterocycles. The molecule has 0 spiro atoms. The van der Waals surface area contributed by atoms with Gasteiger partial charge in [0.25, 0.3) is 0 Å². The Morgan fingerprint density at radius 1 is 1.35 bits per heavy atom. The van der Waals surface area contributed by atoms with Crippen molar-refractivity contribution >= 4 is 0 Å². The zero-order valence-corrected chi connectivity index (χ0v) is 9.93. The predicted molar refractivity (Wildman–Crippen MR) is 64.5 cm³/mol. The number of benzene rings is 1. The molecule has 0 aliphatic carbocycles. The highest BCUT2D eigenvalue weighted by molar-refractivity contribution is 5.33. The van der Waals surface area contributed by atoms with Crippen molar-refractivity contribution in [1.29, 1.82) is 5.26 Å². The molecule has 2 aliphatic heterocycles. The zero-order valence-electron chi connectivity index (χ0n) is 9.93. The van der Waals surface area contributed by atoms with Crippen LogP contribution < -0.4 is 5.43 Å². The lowest BCUT2D eigenvalue weighted by atomic mass is 10.1. The Labute approximate surface area is 101 Å². The molecule has 0 saturated carbocycles. The molecule has 17 heavy (non-hydrogen) atoms. The Kier molecular flexibility index (Phi) is 2.60. The molecule has 2 fully saturated rings. The zero-order chi connectivity index (χ0) is 11.8. The van der Waals surface area contributed by atoms with Crippen LogP contribution in [0, 0.1) is 11.3 Å². The number of hydrazine groups is 2. The molecule has 1 N–H and O–H groups in total. The fourth-order valence-corrected chi connectivity index (χ4v) is 2.62. The van der Waals surface area contributed by atoms with E-state index in [1.54, 1.807) is 0 Å². The molecule has 0 bridgehead atoms. The molecule has 1 aromatic carbocycles. The molecular formula is C13H16N4. The maximum absolute atomic E-state index is 8.78. The quantitative estimate of drug-likeness (QED) is 0.789. The van der Waals surface area contributed by atoms with Gasteiger partial charge >= 0.3 is 0 Å². The second kappa shape index (κ2) is 4.11. The molecule has 3 rings (SSSR count). The normalized spacial score (nSPS) is 29.2. The van der Waals surface area contributed by atoms with Crippen LogP contribution in [0.1, 0.15) is 30.5 Å². The first kappa shape index (κ1) is 10.7. The smallest absolute Gasteiger partial charge is 0.0991 e. The van der Waals surface area contributed by atoms with Crippen LogP contribution in [-0.2, 0) is 0 Å². The van der Waals surface area contributed by atoms with Crippen molar-refractivity contribution in [3.05, 3.63) is 35.4 Å². The summed E-state index contributed by atoms with van der Waals surface area (Å²) in [5, 5.41) is 13.4. The first-order valence-electron chi connectivity index (χ1n) is 6.08. The fraction of sp³-hybridized carbons (Fsp3) is 0.462. The third kappa shape index (κ3) is 1.83. The van der Waals surface area contributed by atoms with Crippen molar-refractivity contribution in [1.82, 2.24) is 15.6 Å². The molecule has 0 amide bonds. The van der Waals surface area contributed by atoms with Gasteiger partial charge in [0.15, 0.2) is 0 Å². The minimum absolute atomic E-state index is 0.352. The van der Waals surface area contributed by atoms with Crippen molar-refractivity contribution in [2.45, 2.75) is 25.4 Å². The lowest BCUT2D eigenvalue weighted by molar-refractivity contribution is 0.0202. The maximum atomic E-state index is 8.78. The average molecular weight is 228 g/mol. The Hall–Kier alpha value is -1.41. The number of hydrogen-bond donors (Lipinski definition) is 1. The molecule has 4 heteroatoms. The number of nitrogens with one attached hydrogen (secondary N) is 1. The number of nitrogens with zero attached hydrogens (tertiary/aromatic N) is 3. The Morgan fingerprint density at radius 2 is 2.12 bits per heavy atom. The van der Waals surface area contributed by atoms with Crippen molar-refractivity contribution in [2.24, 2.45) is 0 Å². The van der Waals surface area contributed by atoms with Gasteiger partial charge in [-0.1, -0.05) is 12.1 Å². The summed E-state index contributed by atoms with van der Waals surface area (Å²) in [4.78, 5) is 0. The van der Waals surface area contributed by atoms with Gasteiger partial charge in [0.1, 0.15) is 0 Å². The van der Waals surface area contributed by atoms with Gasteiger partial charge in [0, 0.05) is 19.1 Å². The highest BCUT2D eigenvalue weighted by Gasteiger charge is 2.37. The first-order valence-corrected chi connectivity index (χ1v) is 6.08. The van der Waals surface area contributed by atoms with Gasteiger partial charge < -0.3 is 0 Å². The number of hydrogen-bond acceptors (Lipinski definition) is 4.